The minimum absolute atomic E-state index is 0.0552. The Bertz CT molecular complexity index is 642. The van der Waals surface area contributed by atoms with Crippen LogP contribution in [0.1, 0.15) is 11.1 Å². The number of carbonyl (C=O) groups is 1. The van der Waals surface area contributed by atoms with Gasteiger partial charge in [0.05, 0.1) is 10.0 Å². The normalized spacial score (nSPS) is 16.6. The van der Waals surface area contributed by atoms with E-state index in [0.29, 0.717) is 22.9 Å². The lowest BCUT2D eigenvalue weighted by Gasteiger charge is -2.10. The fourth-order valence-corrected chi connectivity index (χ4v) is 2.65. The summed E-state index contributed by atoms with van der Waals surface area (Å²) in [5, 5.41) is 0.958. The minimum Gasteiger partial charge on any atom is -0.482 e. The van der Waals surface area contributed by atoms with Crippen LogP contribution in [0.25, 0.3) is 0 Å². The molecule has 20 heavy (non-hydrogen) atoms. The number of halogens is 2. The van der Waals surface area contributed by atoms with E-state index in [-0.39, 0.29) is 5.78 Å². The first-order valence-corrected chi connectivity index (χ1v) is 7.10. The van der Waals surface area contributed by atoms with Gasteiger partial charge in [0.2, 0.25) is 0 Å². The van der Waals surface area contributed by atoms with Crippen molar-refractivity contribution < 1.29 is 9.53 Å². The SMILES string of the molecule is O=C(Cc1ccc(Cl)c(Cl)c1)C1Cc2ccccc2O1. The van der Waals surface area contributed by atoms with Gasteiger partial charge in [-0.05, 0) is 29.3 Å². The number of carbonyl (C=O) groups excluding carboxylic acids is 1. The van der Waals surface area contributed by atoms with Gasteiger partial charge in [-0.25, -0.2) is 0 Å². The molecule has 0 fully saturated rings. The summed E-state index contributed by atoms with van der Waals surface area (Å²) in [7, 11) is 0. The molecule has 0 amide bonds. The van der Waals surface area contributed by atoms with E-state index in [4.69, 9.17) is 27.9 Å². The molecule has 1 aliphatic rings. The zero-order chi connectivity index (χ0) is 14.1. The standard InChI is InChI=1S/C16H12Cl2O2/c17-12-6-5-10(7-13(12)18)8-14(19)16-9-11-3-1-2-4-15(11)20-16/h1-7,16H,8-9H2. The Balaban J connectivity index is 1.71. The molecule has 1 unspecified atom stereocenters. The Hall–Kier alpha value is -1.51. The van der Waals surface area contributed by atoms with Gasteiger partial charge in [-0.2, -0.15) is 0 Å². The fraction of sp³-hybridized carbons (Fsp3) is 0.188. The van der Waals surface area contributed by atoms with Crippen molar-refractivity contribution >= 4 is 29.0 Å². The van der Waals surface area contributed by atoms with Crippen LogP contribution in [0.4, 0.5) is 0 Å². The van der Waals surface area contributed by atoms with Crippen molar-refractivity contribution in [1.82, 2.24) is 0 Å². The Labute approximate surface area is 127 Å². The lowest BCUT2D eigenvalue weighted by atomic mass is 10.0. The second-order valence-corrected chi connectivity index (χ2v) is 5.62. The van der Waals surface area contributed by atoms with Crippen molar-refractivity contribution in [3.63, 3.8) is 0 Å². The highest BCUT2D eigenvalue weighted by Crippen LogP contribution is 2.29. The van der Waals surface area contributed by atoms with Crippen molar-refractivity contribution in [2.24, 2.45) is 0 Å². The molecular weight excluding hydrogens is 295 g/mol. The zero-order valence-electron chi connectivity index (χ0n) is 10.6. The lowest BCUT2D eigenvalue weighted by molar-refractivity contribution is -0.124. The molecule has 0 radical (unpaired) electrons. The second-order valence-electron chi connectivity index (χ2n) is 4.81. The van der Waals surface area contributed by atoms with E-state index in [9.17, 15) is 4.79 Å². The van der Waals surface area contributed by atoms with E-state index in [2.05, 4.69) is 0 Å². The number of ether oxygens (including phenoxy) is 1. The number of para-hydroxylation sites is 1. The molecule has 0 spiro atoms. The van der Waals surface area contributed by atoms with Crippen LogP contribution in [-0.2, 0) is 17.6 Å². The Morgan fingerprint density at radius 2 is 1.95 bits per heavy atom. The van der Waals surface area contributed by atoms with E-state index in [1.807, 2.05) is 30.3 Å². The van der Waals surface area contributed by atoms with Gasteiger partial charge < -0.3 is 4.74 Å². The topological polar surface area (TPSA) is 26.3 Å². The molecule has 0 aliphatic carbocycles. The average molecular weight is 307 g/mol. The predicted molar refractivity (Wildman–Crippen MR) is 79.7 cm³/mol. The summed E-state index contributed by atoms with van der Waals surface area (Å²) >= 11 is 11.8. The summed E-state index contributed by atoms with van der Waals surface area (Å²) in [6.07, 6.45) is 0.535. The summed E-state index contributed by atoms with van der Waals surface area (Å²) in [6, 6.07) is 13.0. The quantitative estimate of drug-likeness (QED) is 0.853. The van der Waals surface area contributed by atoms with Gasteiger partial charge in [-0.3, -0.25) is 4.79 Å². The number of Topliss-reactive ketones (excluding diaryl/α,β-unsaturated/α-hetero) is 1. The largest absolute Gasteiger partial charge is 0.482 e. The first-order chi connectivity index (χ1) is 9.63. The lowest BCUT2D eigenvalue weighted by Crippen LogP contribution is -2.26. The Kier molecular flexibility index (Phi) is 3.68. The molecule has 1 heterocycles. The van der Waals surface area contributed by atoms with E-state index in [1.54, 1.807) is 12.1 Å². The van der Waals surface area contributed by atoms with Gasteiger partial charge in [0.15, 0.2) is 11.9 Å². The van der Waals surface area contributed by atoms with Crippen LogP contribution in [0.3, 0.4) is 0 Å². The first kappa shape index (κ1) is 13.5. The molecule has 1 aliphatic heterocycles. The molecule has 3 rings (SSSR count). The molecule has 2 aromatic rings. The monoisotopic (exact) mass is 306 g/mol. The van der Waals surface area contributed by atoms with Crippen LogP contribution in [0.2, 0.25) is 10.0 Å². The van der Waals surface area contributed by atoms with Crippen molar-refractivity contribution in [2.45, 2.75) is 18.9 Å². The molecule has 0 N–H and O–H groups in total. The third-order valence-corrected chi connectivity index (χ3v) is 4.11. The summed E-state index contributed by atoms with van der Waals surface area (Å²) < 4.78 is 5.69. The molecule has 2 aromatic carbocycles. The van der Waals surface area contributed by atoms with Crippen LogP contribution in [0, 0.1) is 0 Å². The van der Waals surface area contributed by atoms with Crippen molar-refractivity contribution in [3.05, 3.63) is 63.6 Å². The average Bonchev–Trinajstić information content (AvgIpc) is 2.87. The van der Waals surface area contributed by atoms with Crippen LogP contribution in [-0.4, -0.2) is 11.9 Å². The minimum atomic E-state index is -0.401. The highest BCUT2D eigenvalue weighted by atomic mass is 35.5. The summed E-state index contributed by atoms with van der Waals surface area (Å²) in [5.41, 5.74) is 1.93. The fourth-order valence-electron chi connectivity index (χ4n) is 2.33. The number of ketones is 1. The Morgan fingerprint density at radius 1 is 1.15 bits per heavy atom. The van der Waals surface area contributed by atoms with Gasteiger partial charge in [0.1, 0.15) is 5.75 Å². The van der Waals surface area contributed by atoms with Crippen LogP contribution in [0.5, 0.6) is 5.75 Å². The van der Waals surface area contributed by atoms with Crippen molar-refractivity contribution in [2.75, 3.05) is 0 Å². The third-order valence-electron chi connectivity index (χ3n) is 3.37. The maximum Gasteiger partial charge on any atom is 0.177 e. The second kappa shape index (κ2) is 5.47. The molecule has 2 nitrogen and oxygen atoms in total. The van der Waals surface area contributed by atoms with Crippen LogP contribution in [0.15, 0.2) is 42.5 Å². The van der Waals surface area contributed by atoms with Gasteiger partial charge >= 0.3 is 0 Å². The molecule has 0 bridgehead atoms. The van der Waals surface area contributed by atoms with Crippen molar-refractivity contribution in [3.8, 4) is 5.75 Å². The van der Waals surface area contributed by atoms with Gasteiger partial charge in [0, 0.05) is 12.8 Å². The highest BCUT2D eigenvalue weighted by Gasteiger charge is 2.28. The number of benzene rings is 2. The van der Waals surface area contributed by atoms with Gasteiger partial charge in [-0.15, -0.1) is 0 Å². The Morgan fingerprint density at radius 3 is 2.70 bits per heavy atom. The summed E-state index contributed by atoms with van der Waals surface area (Å²) in [4.78, 5) is 12.3. The van der Waals surface area contributed by atoms with E-state index in [0.717, 1.165) is 16.9 Å². The summed E-state index contributed by atoms with van der Waals surface area (Å²) in [5.74, 6) is 0.861. The van der Waals surface area contributed by atoms with E-state index in [1.165, 1.54) is 0 Å². The van der Waals surface area contributed by atoms with Gasteiger partial charge in [0.25, 0.3) is 0 Å². The van der Waals surface area contributed by atoms with Crippen LogP contribution >= 0.6 is 23.2 Å². The molecule has 1 atom stereocenters. The predicted octanol–water partition coefficient (Wildman–Crippen LogP) is 4.11. The van der Waals surface area contributed by atoms with Gasteiger partial charge in [-0.1, -0.05) is 47.5 Å². The highest BCUT2D eigenvalue weighted by molar-refractivity contribution is 6.42. The molecule has 0 saturated carbocycles. The molecular formula is C16H12Cl2O2. The molecule has 0 aromatic heterocycles. The molecule has 4 heteroatoms. The zero-order valence-corrected chi connectivity index (χ0v) is 12.1. The maximum absolute atomic E-state index is 12.3. The number of hydrogen-bond acceptors (Lipinski definition) is 2. The first-order valence-electron chi connectivity index (χ1n) is 6.34. The van der Waals surface area contributed by atoms with E-state index >= 15 is 0 Å². The molecule has 0 saturated heterocycles. The molecule has 102 valence electrons. The van der Waals surface area contributed by atoms with E-state index < -0.39 is 6.10 Å². The maximum atomic E-state index is 12.3. The third kappa shape index (κ3) is 2.67. The van der Waals surface area contributed by atoms with Crippen LogP contribution < -0.4 is 4.74 Å². The number of rotatable bonds is 3. The number of hydrogen-bond donors (Lipinski definition) is 0. The number of fused-ring (bicyclic) bond motifs is 1. The smallest absolute Gasteiger partial charge is 0.177 e. The van der Waals surface area contributed by atoms with Crippen molar-refractivity contribution in [1.29, 1.82) is 0 Å². The summed E-state index contributed by atoms with van der Waals surface area (Å²) in [6.45, 7) is 0.